The molecule has 2 amide bonds. The van der Waals surface area contributed by atoms with Crippen LogP contribution in [-0.2, 0) is 4.79 Å². The number of hydrogen-bond donors (Lipinski definition) is 4. The van der Waals surface area contributed by atoms with Crippen molar-refractivity contribution in [3.8, 4) is 11.5 Å². The number of aliphatic hydroxyl groups is 1. The van der Waals surface area contributed by atoms with Gasteiger partial charge in [0, 0.05) is 11.8 Å². The first kappa shape index (κ1) is 14.9. The predicted octanol–water partition coefficient (Wildman–Crippen LogP) is 0.413. The normalized spacial score (nSPS) is 15.7. The average molecular weight is 296 g/mol. The zero-order chi connectivity index (χ0) is 15.4. The lowest BCUT2D eigenvalue weighted by Crippen LogP contribution is -2.49. The molecule has 0 aromatic heterocycles. The van der Waals surface area contributed by atoms with Gasteiger partial charge in [0.05, 0.1) is 6.10 Å². The smallest absolute Gasteiger partial charge is 0.328 e. The second-order valence-electron chi connectivity index (χ2n) is 4.51. The van der Waals surface area contributed by atoms with E-state index in [1.807, 2.05) is 0 Å². The Hall–Kier alpha value is -2.48. The van der Waals surface area contributed by atoms with E-state index >= 15 is 0 Å². The number of benzene rings is 1. The number of rotatable bonds is 4. The molecule has 1 aromatic carbocycles. The second-order valence-corrected chi connectivity index (χ2v) is 4.51. The maximum absolute atomic E-state index is 11.7. The van der Waals surface area contributed by atoms with Crippen LogP contribution in [0.25, 0.3) is 0 Å². The summed E-state index contributed by atoms with van der Waals surface area (Å²) in [7, 11) is 0. The first-order chi connectivity index (χ1) is 9.97. The molecule has 1 aromatic rings. The molecule has 0 bridgehead atoms. The number of ether oxygens (including phenoxy) is 2. The number of carbonyl (C=O) groups excluding carboxylic acids is 1. The molecule has 1 heterocycles. The summed E-state index contributed by atoms with van der Waals surface area (Å²) in [5.74, 6) is -0.230. The molecule has 1 aliphatic heterocycles. The molecule has 114 valence electrons. The number of fused-ring (bicyclic) bond motifs is 1. The molecule has 8 heteroatoms. The molecule has 8 nitrogen and oxygen atoms in total. The highest BCUT2D eigenvalue weighted by Crippen LogP contribution is 2.32. The number of hydrogen-bond acceptors (Lipinski definition) is 5. The van der Waals surface area contributed by atoms with Crippen molar-refractivity contribution in [2.24, 2.45) is 0 Å². The Morgan fingerprint density at radius 2 is 1.90 bits per heavy atom. The van der Waals surface area contributed by atoms with Gasteiger partial charge in [-0.1, -0.05) is 0 Å². The fourth-order valence-electron chi connectivity index (χ4n) is 1.82. The summed E-state index contributed by atoms with van der Waals surface area (Å²) >= 11 is 0. The van der Waals surface area contributed by atoms with E-state index in [2.05, 4.69) is 10.6 Å². The predicted molar refractivity (Wildman–Crippen MR) is 72.7 cm³/mol. The average Bonchev–Trinajstić information content (AvgIpc) is 2.44. The number of carboxylic acid groups (broad SMARTS) is 1. The largest absolute Gasteiger partial charge is 0.486 e. The summed E-state index contributed by atoms with van der Waals surface area (Å²) in [4.78, 5) is 22.6. The molecule has 0 fully saturated rings. The topological polar surface area (TPSA) is 117 Å². The van der Waals surface area contributed by atoms with Crippen molar-refractivity contribution >= 4 is 17.7 Å². The monoisotopic (exact) mass is 296 g/mol. The Morgan fingerprint density at radius 1 is 1.24 bits per heavy atom. The number of carbonyl (C=O) groups is 2. The Morgan fingerprint density at radius 3 is 2.52 bits per heavy atom. The Bertz CT molecular complexity index is 545. The molecular formula is C13H16N2O6. The van der Waals surface area contributed by atoms with Crippen LogP contribution in [0.15, 0.2) is 18.2 Å². The van der Waals surface area contributed by atoms with Gasteiger partial charge >= 0.3 is 12.0 Å². The Labute approximate surface area is 120 Å². The maximum Gasteiger partial charge on any atom is 0.328 e. The third-order valence-electron chi connectivity index (χ3n) is 2.84. The number of amides is 2. The summed E-state index contributed by atoms with van der Waals surface area (Å²) < 4.78 is 10.7. The summed E-state index contributed by atoms with van der Waals surface area (Å²) in [6, 6.07) is 2.70. The van der Waals surface area contributed by atoms with Gasteiger partial charge in [0.2, 0.25) is 0 Å². The zero-order valence-electron chi connectivity index (χ0n) is 11.3. The fraction of sp³-hybridized carbons (Fsp3) is 0.385. The second kappa shape index (κ2) is 6.31. The third-order valence-corrected chi connectivity index (χ3v) is 2.84. The minimum atomic E-state index is -1.39. The molecule has 21 heavy (non-hydrogen) atoms. The number of nitrogens with one attached hydrogen (secondary N) is 2. The molecule has 2 atom stereocenters. The van der Waals surface area contributed by atoms with E-state index in [1.54, 1.807) is 18.2 Å². The molecule has 0 aliphatic carbocycles. The highest BCUT2D eigenvalue weighted by atomic mass is 16.6. The van der Waals surface area contributed by atoms with Crippen molar-refractivity contribution < 1.29 is 29.3 Å². The lowest BCUT2D eigenvalue weighted by atomic mass is 10.2. The maximum atomic E-state index is 11.7. The van der Waals surface area contributed by atoms with Crippen molar-refractivity contribution in [2.45, 2.75) is 19.1 Å². The van der Waals surface area contributed by atoms with E-state index < -0.39 is 24.1 Å². The van der Waals surface area contributed by atoms with Crippen LogP contribution in [-0.4, -0.2) is 47.6 Å². The van der Waals surface area contributed by atoms with Crippen LogP contribution in [0.1, 0.15) is 6.92 Å². The van der Waals surface area contributed by atoms with Gasteiger partial charge in [0.25, 0.3) is 0 Å². The van der Waals surface area contributed by atoms with E-state index in [9.17, 15) is 14.7 Å². The van der Waals surface area contributed by atoms with Crippen molar-refractivity contribution in [2.75, 3.05) is 18.5 Å². The molecule has 0 spiro atoms. The minimum Gasteiger partial charge on any atom is -0.486 e. The first-order valence-electron chi connectivity index (χ1n) is 6.35. The minimum absolute atomic E-state index is 0.422. The highest BCUT2D eigenvalue weighted by Gasteiger charge is 2.25. The zero-order valence-corrected chi connectivity index (χ0v) is 11.3. The van der Waals surface area contributed by atoms with Crippen LogP contribution < -0.4 is 20.1 Å². The van der Waals surface area contributed by atoms with Crippen LogP contribution in [0.5, 0.6) is 11.5 Å². The molecule has 1 aliphatic rings. The van der Waals surface area contributed by atoms with Gasteiger partial charge in [-0.25, -0.2) is 9.59 Å². The highest BCUT2D eigenvalue weighted by molar-refractivity contribution is 5.92. The van der Waals surface area contributed by atoms with E-state index in [0.717, 1.165) is 0 Å². The van der Waals surface area contributed by atoms with Crippen LogP contribution in [0.2, 0.25) is 0 Å². The summed E-state index contributed by atoms with van der Waals surface area (Å²) in [5, 5.41) is 22.8. The molecule has 0 saturated carbocycles. The lowest BCUT2D eigenvalue weighted by Gasteiger charge is -2.20. The molecular weight excluding hydrogens is 280 g/mol. The van der Waals surface area contributed by atoms with Crippen LogP contribution in [0.4, 0.5) is 10.5 Å². The van der Waals surface area contributed by atoms with Gasteiger partial charge in [0.1, 0.15) is 13.2 Å². The van der Waals surface area contributed by atoms with E-state index in [1.165, 1.54) is 6.92 Å². The van der Waals surface area contributed by atoms with E-state index in [4.69, 9.17) is 14.6 Å². The van der Waals surface area contributed by atoms with Gasteiger partial charge in [-0.2, -0.15) is 0 Å². The van der Waals surface area contributed by atoms with Crippen molar-refractivity contribution in [1.82, 2.24) is 5.32 Å². The number of aliphatic carboxylic acids is 1. The number of anilines is 1. The van der Waals surface area contributed by atoms with E-state index in [-0.39, 0.29) is 0 Å². The SMILES string of the molecule is CC(O)C(NC(=O)Nc1ccc2c(c1)OCCO2)C(=O)O. The van der Waals surface area contributed by atoms with Gasteiger partial charge in [0.15, 0.2) is 17.5 Å². The molecule has 2 unspecified atom stereocenters. The number of carboxylic acids is 1. The molecule has 0 radical (unpaired) electrons. The van der Waals surface area contributed by atoms with Crippen LogP contribution >= 0.6 is 0 Å². The molecule has 2 rings (SSSR count). The first-order valence-corrected chi connectivity index (χ1v) is 6.35. The standard InChI is InChI=1S/C13H16N2O6/c1-7(16)11(12(17)18)15-13(19)14-8-2-3-9-10(6-8)21-5-4-20-9/h2-3,6-7,11,16H,4-5H2,1H3,(H,17,18)(H2,14,15,19). The summed E-state index contributed by atoms with van der Waals surface area (Å²) in [5.41, 5.74) is 0.423. The number of urea groups is 1. The lowest BCUT2D eigenvalue weighted by molar-refractivity contribution is -0.141. The van der Waals surface area contributed by atoms with Crippen molar-refractivity contribution in [3.05, 3.63) is 18.2 Å². The van der Waals surface area contributed by atoms with Gasteiger partial charge in [-0.15, -0.1) is 0 Å². The van der Waals surface area contributed by atoms with Crippen LogP contribution in [0, 0.1) is 0 Å². The molecule has 4 N–H and O–H groups in total. The van der Waals surface area contributed by atoms with Crippen molar-refractivity contribution in [3.63, 3.8) is 0 Å². The Kier molecular flexibility index (Phi) is 4.49. The number of aliphatic hydroxyl groups excluding tert-OH is 1. The quantitative estimate of drug-likeness (QED) is 0.639. The summed E-state index contributed by atoms with van der Waals surface area (Å²) in [6.45, 7) is 2.17. The van der Waals surface area contributed by atoms with Gasteiger partial charge in [-0.3, -0.25) is 0 Å². The molecule has 0 saturated heterocycles. The van der Waals surface area contributed by atoms with Crippen molar-refractivity contribution in [1.29, 1.82) is 0 Å². The third kappa shape index (κ3) is 3.76. The van der Waals surface area contributed by atoms with Gasteiger partial charge in [-0.05, 0) is 19.1 Å². The van der Waals surface area contributed by atoms with Gasteiger partial charge < -0.3 is 30.3 Å². The summed E-state index contributed by atoms with van der Waals surface area (Å²) in [6.07, 6.45) is -1.21. The Balaban J connectivity index is 2.01. The van der Waals surface area contributed by atoms with E-state index in [0.29, 0.717) is 30.4 Å². The van der Waals surface area contributed by atoms with Crippen LogP contribution in [0.3, 0.4) is 0 Å². The fourth-order valence-corrected chi connectivity index (χ4v) is 1.82.